The Bertz CT molecular complexity index is 526. The minimum Gasteiger partial charge on any atom is -0.362 e. The van der Waals surface area contributed by atoms with Gasteiger partial charge in [0.1, 0.15) is 12.1 Å². The summed E-state index contributed by atoms with van der Waals surface area (Å²) in [5, 5.41) is 7.61. The van der Waals surface area contributed by atoms with Gasteiger partial charge in [0.05, 0.1) is 5.54 Å². The molecule has 18 heavy (non-hydrogen) atoms. The zero-order valence-corrected chi connectivity index (χ0v) is 12.0. The average molecular weight is 287 g/mol. The Labute approximate surface area is 116 Å². The highest BCUT2D eigenvalue weighted by Gasteiger charge is 2.27. The van der Waals surface area contributed by atoms with Crippen LogP contribution in [0.2, 0.25) is 0 Å². The third-order valence-corrected chi connectivity index (χ3v) is 4.13. The number of pyridine rings is 1. The van der Waals surface area contributed by atoms with Gasteiger partial charge in [-0.15, -0.1) is 23.2 Å². The molecule has 2 rings (SSSR count). The number of halogens is 2. The topological polar surface area (TPSA) is 42.2 Å². The molecule has 0 unspecified atom stereocenters. The van der Waals surface area contributed by atoms with Crippen molar-refractivity contribution in [1.29, 1.82) is 0 Å². The van der Waals surface area contributed by atoms with Crippen molar-refractivity contribution in [3.63, 3.8) is 0 Å². The lowest BCUT2D eigenvalue weighted by atomic mass is 10.0. The molecule has 0 saturated heterocycles. The van der Waals surface area contributed by atoms with Crippen molar-refractivity contribution in [1.82, 2.24) is 14.6 Å². The summed E-state index contributed by atoms with van der Waals surface area (Å²) >= 11 is 12.1. The first-order chi connectivity index (χ1) is 8.64. The molecule has 1 N–H and O–H groups in total. The van der Waals surface area contributed by atoms with Crippen LogP contribution in [0, 0.1) is 6.92 Å². The van der Waals surface area contributed by atoms with E-state index in [1.54, 1.807) is 4.52 Å². The Kier molecular flexibility index (Phi) is 3.97. The van der Waals surface area contributed by atoms with E-state index in [1.807, 2.05) is 19.1 Å². The lowest BCUT2D eigenvalue weighted by Gasteiger charge is -2.30. The summed E-state index contributed by atoms with van der Waals surface area (Å²) in [4.78, 5) is 4.19. The van der Waals surface area contributed by atoms with Gasteiger partial charge in [0.25, 0.3) is 0 Å². The molecule has 2 heterocycles. The Morgan fingerprint density at radius 2 is 2.06 bits per heavy atom. The summed E-state index contributed by atoms with van der Waals surface area (Å²) in [5.41, 5.74) is 1.61. The van der Waals surface area contributed by atoms with Crippen LogP contribution >= 0.6 is 23.2 Å². The number of hydrogen-bond donors (Lipinski definition) is 1. The Morgan fingerprint density at radius 3 is 2.67 bits per heavy atom. The van der Waals surface area contributed by atoms with Crippen LogP contribution in [-0.4, -0.2) is 31.9 Å². The predicted molar refractivity (Wildman–Crippen MR) is 75.8 cm³/mol. The van der Waals surface area contributed by atoms with Gasteiger partial charge >= 0.3 is 0 Å². The second-order valence-corrected chi connectivity index (χ2v) is 5.01. The fourth-order valence-corrected chi connectivity index (χ4v) is 2.59. The number of anilines is 1. The molecule has 0 atom stereocenters. The third kappa shape index (κ3) is 2.40. The number of nitrogens with zero attached hydrogens (tertiary/aromatic N) is 3. The fourth-order valence-electron chi connectivity index (χ4n) is 1.80. The van der Waals surface area contributed by atoms with E-state index in [2.05, 4.69) is 22.3 Å². The van der Waals surface area contributed by atoms with Crippen molar-refractivity contribution in [2.45, 2.75) is 25.8 Å². The van der Waals surface area contributed by atoms with Gasteiger partial charge in [0.2, 0.25) is 0 Å². The van der Waals surface area contributed by atoms with Crippen molar-refractivity contribution >= 4 is 34.7 Å². The van der Waals surface area contributed by atoms with E-state index < -0.39 is 0 Å². The first-order valence-electron chi connectivity index (χ1n) is 5.84. The van der Waals surface area contributed by atoms with Crippen LogP contribution < -0.4 is 5.32 Å². The molecule has 0 fully saturated rings. The van der Waals surface area contributed by atoms with Gasteiger partial charge in [-0.25, -0.2) is 4.98 Å². The maximum absolute atomic E-state index is 6.05. The van der Waals surface area contributed by atoms with E-state index in [0.717, 1.165) is 23.4 Å². The maximum Gasteiger partial charge on any atom is 0.157 e. The second-order valence-electron chi connectivity index (χ2n) is 4.47. The van der Waals surface area contributed by atoms with Crippen LogP contribution in [0.25, 0.3) is 5.65 Å². The molecule has 0 amide bonds. The van der Waals surface area contributed by atoms with E-state index in [4.69, 9.17) is 23.2 Å². The maximum atomic E-state index is 6.05. The van der Waals surface area contributed by atoms with Crippen LogP contribution in [0.3, 0.4) is 0 Å². The van der Waals surface area contributed by atoms with E-state index in [9.17, 15) is 0 Å². The predicted octanol–water partition coefficient (Wildman–Crippen LogP) is 3.08. The van der Waals surface area contributed by atoms with Crippen molar-refractivity contribution in [2.24, 2.45) is 0 Å². The van der Waals surface area contributed by atoms with Gasteiger partial charge in [-0.2, -0.15) is 9.61 Å². The smallest absolute Gasteiger partial charge is 0.157 e. The van der Waals surface area contributed by atoms with Gasteiger partial charge in [0, 0.05) is 11.8 Å². The van der Waals surface area contributed by atoms with Gasteiger partial charge in [0.15, 0.2) is 5.65 Å². The van der Waals surface area contributed by atoms with Crippen molar-refractivity contribution in [3.8, 4) is 0 Å². The highest BCUT2D eigenvalue weighted by molar-refractivity contribution is 6.22. The molecule has 0 bridgehead atoms. The van der Waals surface area contributed by atoms with E-state index in [1.165, 1.54) is 6.33 Å². The summed E-state index contributed by atoms with van der Waals surface area (Å²) in [5.74, 6) is 1.75. The first-order valence-corrected chi connectivity index (χ1v) is 6.91. The highest BCUT2D eigenvalue weighted by atomic mass is 35.5. The number of nitrogens with one attached hydrogen (secondary N) is 1. The van der Waals surface area contributed by atoms with Gasteiger partial charge < -0.3 is 5.32 Å². The third-order valence-electron chi connectivity index (χ3n) is 3.11. The molecule has 0 aliphatic rings. The molecule has 98 valence electrons. The lowest BCUT2D eigenvalue weighted by Crippen LogP contribution is -2.42. The van der Waals surface area contributed by atoms with Crippen molar-refractivity contribution in [3.05, 3.63) is 24.0 Å². The standard InChI is InChI=1S/C12H16Cl2N4/c1-3-12(6-13,7-14)17-11-5-9(2)4-10-15-8-16-18(10)11/h4-5,8,17H,3,6-7H2,1-2H3. The molecule has 2 aromatic heterocycles. The SMILES string of the molecule is CCC(CCl)(CCl)Nc1cc(C)cc2ncnn12. The van der Waals surface area contributed by atoms with Crippen molar-refractivity contribution < 1.29 is 0 Å². The molecule has 0 saturated carbocycles. The molecule has 2 aromatic rings. The monoisotopic (exact) mass is 286 g/mol. The molecule has 0 aliphatic heterocycles. The Hall–Kier alpha value is -1.00. The Morgan fingerprint density at radius 1 is 1.33 bits per heavy atom. The first kappa shape index (κ1) is 13.4. The van der Waals surface area contributed by atoms with Crippen LogP contribution in [-0.2, 0) is 0 Å². The van der Waals surface area contributed by atoms with Crippen LogP contribution in [0.15, 0.2) is 18.5 Å². The second kappa shape index (κ2) is 5.33. The largest absolute Gasteiger partial charge is 0.362 e. The van der Waals surface area contributed by atoms with Crippen LogP contribution in [0.1, 0.15) is 18.9 Å². The van der Waals surface area contributed by atoms with Crippen molar-refractivity contribution in [2.75, 3.05) is 17.1 Å². The molecule has 0 aliphatic carbocycles. The minimum atomic E-state index is -0.324. The number of aromatic nitrogens is 3. The van der Waals surface area contributed by atoms with Crippen LogP contribution in [0.5, 0.6) is 0 Å². The van der Waals surface area contributed by atoms with E-state index in [0.29, 0.717) is 11.8 Å². The fraction of sp³-hybridized carbons (Fsp3) is 0.500. The number of rotatable bonds is 5. The Balaban J connectivity index is 2.44. The van der Waals surface area contributed by atoms with Crippen LogP contribution in [0.4, 0.5) is 5.82 Å². The quantitative estimate of drug-likeness (QED) is 0.859. The number of fused-ring (bicyclic) bond motifs is 1. The van der Waals surface area contributed by atoms with E-state index in [-0.39, 0.29) is 5.54 Å². The van der Waals surface area contributed by atoms with Gasteiger partial charge in [-0.05, 0) is 31.0 Å². The normalized spacial score (nSPS) is 12.0. The summed E-state index contributed by atoms with van der Waals surface area (Å²) < 4.78 is 1.76. The lowest BCUT2D eigenvalue weighted by molar-refractivity contribution is 0.555. The minimum absolute atomic E-state index is 0.324. The summed E-state index contributed by atoms with van der Waals surface area (Å²) in [6, 6.07) is 4.00. The summed E-state index contributed by atoms with van der Waals surface area (Å²) in [6.45, 7) is 4.08. The molecule has 0 spiro atoms. The molecular formula is C12H16Cl2N4. The number of alkyl halides is 2. The molecule has 0 radical (unpaired) electrons. The zero-order valence-electron chi connectivity index (χ0n) is 10.5. The summed E-state index contributed by atoms with van der Waals surface area (Å²) in [7, 11) is 0. The molecular weight excluding hydrogens is 271 g/mol. The highest BCUT2D eigenvalue weighted by Crippen LogP contribution is 2.23. The summed E-state index contributed by atoms with van der Waals surface area (Å²) in [6.07, 6.45) is 2.37. The number of aryl methyl sites for hydroxylation is 1. The molecule has 4 nitrogen and oxygen atoms in total. The van der Waals surface area contributed by atoms with E-state index >= 15 is 0 Å². The zero-order chi connectivity index (χ0) is 13.2. The van der Waals surface area contributed by atoms with Gasteiger partial charge in [-0.1, -0.05) is 6.92 Å². The molecule has 0 aromatic carbocycles. The number of hydrogen-bond acceptors (Lipinski definition) is 3. The molecule has 6 heteroatoms. The van der Waals surface area contributed by atoms with Gasteiger partial charge in [-0.3, -0.25) is 0 Å². The average Bonchev–Trinajstić information content (AvgIpc) is 2.84.